The largest absolute Gasteiger partial charge is 0.216 e. The van der Waals surface area contributed by atoms with Gasteiger partial charge in [-0.1, -0.05) is 42.5 Å². The van der Waals surface area contributed by atoms with Crippen LogP contribution in [0.25, 0.3) is 11.1 Å². The number of hydrogen-bond acceptors (Lipinski definition) is 0. The summed E-state index contributed by atoms with van der Waals surface area (Å²) in [6.07, 6.45) is 3.61. The molecule has 0 amide bonds. The molecule has 0 aliphatic rings. The summed E-state index contributed by atoms with van der Waals surface area (Å²) in [6.45, 7) is 0. The Labute approximate surface area is 106 Å². The summed E-state index contributed by atoms with van der Waals surface area (Å²) in [6, 6.07) is 14.5. The van der Waals surface area contributed by atoms with E-state index in [4.69, 9.17) is 0 Å². The fraction of sp³-hybridized carbons (Fsp3) is 0.125. The Morgan fingerprint density at radius 1 is 0.833 bits per heavy atom. The number of aryl methyl sites for hydroxylation is 1. The maximum atomic E-state index is 12.8. The van der Waals surface area contributed by atoms with Gasteiger partial charge in [-0.3, -0.25) is 0 Å². The third-order valence-electron chi connectivity index (χ3n) is 2.82. The first-order valence-corrected chi connectivity index (χ1v) is 5.90. The first-order valence-electron chi connectivity index (χ1n) is 5.90. The van der Waals surface area contributed by atoms with Crippen LogP contribution in [0.4, 0.5) is 8.78 Å². The Bertz CT molecular complexity index is 510. The van der Waals surface area contributed by atoms with Gasteiger partial charge in [0, 0.05) is 0 Å². The maximum absolute atomic E-state index is 12.8. The van der Waals surface area contributed by atoms with Crippen molar-refractivity contribution in [3.8, 4) is 11.1 Å². The van der Waals surface area contributed by atoms with Gasteiger partial charge in [-0.05, 0) is 41.7 Å². The van der Waals surface area contributed by atoms with Crippen molar-refractivity contribution in [2.24, 2.45) is 0 Å². The van der Waals surface area contributed by atoms with Gasteiger partial charge in [0.2, 0.25) is 0 Å². The Morgan fingerprint density at radius 3 is 1.94 bits per heavy atom. The minimum absolute atomic E-state index is 0.228. The van der Waals surface area contributed by atoms with Crippen LogP contribution >= 0.6 is 0 Å². The molecule has 18 heavy (non-hydrogen) atoms. The van der Waals surface area contributed by atoms with Gasteiger partial charge in [0.1, 0.15) is 5.82 Å². The lowest BCUT2D eigenvalue weighted by Gasteiger charge is -2.03. The lowest BCUT2D eigenvalue weighted by molar-refractivity contribution is 0.628. The van der Waals surface area contributed by atoms with Crippen LogP contribution in [-0.2, 0) is 6.42 Å². The second-order valence-corrected chi connectivity index (χ2v) is 4.10. The van der Waals surface area contributed by atoms with Gasteiger partial charge in [-0.15, -0.1) is 0 Å². The molecular formula is C16H14F2. The minimum Gasteiger partial charge on any atom is -0.216 e. The summed E-state index contributed by atoms with van der Waals surface area (Å²) >= 11 is 0. The lowest BCUT2D eigenvalue weighted by Crippen LogP contribution is -1.84. The molecule has 0 heterocycles. The predicted molar refractivity (Wildman–Crippen MR) is 70.4 cm³/mol. The van der Waals surface area contributed by atoms with Crippen LogP contribution in [0.5, 0.6) is 0 Å². The van der Waals surface area contributed by atoms with Crippen molar-refractivity contribution >= 4 is 0 Å². The molecule has 92 valence electrons. The van der Waals surface area contributed by atoms with Gasteiger partial charge >= 0.3 is 0 Å². The van der Waals surface area contributed by atoms with Crippen LogP contribution < -0.4 is 0 Å². The van der Waals surface area contributed by atoms with E-state index in [9.17, 15) is 8.78 Å². The van der Waals surface area contributed by atoms with Crippen LogP contribution in [0.2, 0.25) is 0 Å². The molecule has 2 aromatic carbocycles. The molecule has 2 aromatic rings. The summed E-state index contributed by atoms with van der Waals surface area (Å²) in [5.74, 6) is -0.228. The SMILES string of the molecule is F/C=C/CCc1ccc(-c2ccc(F)cc2)cc1. The molecule has 0 saturated carbocycles. The molecule has 0 saturated heterocycles. The Kier molecular flexibility index (Phi) is 4.24. The highest BCUT2D eigenvalue weighted by atomic mass is 19.1. The third-order valence-corrected chi connectivity index (χ3v) is 2.82. The van der Waals surface area contributed by atoms with Gasteiger partial charge in [-0.2, -0.15) is 0 Å². The summed E-state index contributed by atoms with van der Waals surface area (Å²) in [4.78, 5) is 0. The number of allylic oxidation sites excluding steroid dienone is 1. The van der Waals surface area contributed by atoms with E-state index in [-0.39, 0.29) is 5.82 Å². The van der Waals surface area contributed by atoms with Gasteiger partial charge in [0.25, 0.3) is 0 Å². The molecule has 0 aromatic heterocycles. The Balaban J connectivity index is 2.09. The summed E-state index contributed by atoms with van der Waals surface area (Å²) in [7, 11) is 0. The molecule has 2 rings (SSSR count). The molecule has 0 radical (unpaired) electrons. The smallest absolute Gasteiger partial charge is 0.123 e. The molecule has 2 heteroatoms. The van der Waals surface area contributed by atoms with Crippen molar-refractivity contribution in [3.63, 3.8) is 0 Å². The van der Waals surface area contributed by atoms with Crippen LogP contribution in [0.15, 0.2) is 60.9 Å². The van der Waals surface area contributed by atoms with E-state index in [1.807, 2.05) is 24.3 Å². The zero-order valence-corrected chi connectivity index (χ0v) is 9.94. The molecule has 0 aliphatic carbocycles. The highest BCUT2D eigenvalue weighted by Crippen LogP contribution is 2.20. The van der Waals surface area contributed by atoms with Crippen molar-refractivity contribution in [1.82, 2.24) is 0 Å². The molecule has 0 fully saturated rings. The quantitative estimate of drug-likeness (QED) is 0.717. The fourth-order valence-corrected chi connectivity index (χ4v) is 1.82. The van der Waals surface area contributed by atoms with Crippen LogP contribution in [-0.4, -0.2) is 0 Å². The maximum Gasteiger partial charge on any atom is 0.123 e. The highest BCUT2D eigenvalue weighted by Gasteiger charge is 1.98. The molecule has 0 atom stereocenters. The van der Waals surface area contributed by atoms with Gasteiger partial charge in [-0.25, -0.2) is 8.78 Å². The zero-order valence-electron chi connectivity index (χ0n) is 9.94. The number of hydrogen-bond donors (Lipinski definition) is 0. The highest BCUT2D eigenvalue weighted by molar-refractivity contribution is 5.63. The van der Waals surface area contributed by atoms with E-state index in [0.29, 0.717) is 12.8 Å². The molecule has 0 unspecified atom stereocenters. The molecular weight excluding hydrogens is 230 g/mol. The Morgan fingerprint density at radius 2 is 1.39 bits per heavy atom. The normalized spacial score (nSPS) is 11.0. The molecule has 0 aliphatic heterocycles. The second kappa shape index (κ2) is 6.10. The van der Waals surface area contributed by atoms with E-state index in [0.717, 1.165) is 17.5 Å². The van der Waals surface area contributed by atoms with Gasteiger partial charge in [0.05, 0.1) is 6.33 Å². The van der Waals surface area contributed by atoms with Crippen molar-refractivity contribution in [2.75, 3.05) is 0 Å². The van der Waals surface area contributed by atoms with Gasteiger partial charge in [0.15, 0.2) is 0 Å². The average molecular weight is 244 g/mol. The van der Waals surface area contributed by atoms with Crippen molar-refractivity contribution < 1.29 is 8.78 Å². The summed E-state index contributed by atoms with van der Waals surface area (Å²) < 4.78 is 24.6. The molecule has 0 nitrogen and oxygen atoms in total. The van der Waals surface area contributed by atoms with Crippen molar-refractivity contribution in [3.05, 3.63) is 72.3 Å². The van der Waals surface area contributed by atoms with Crippen molar-refractivity contribution in [1.29, 1.82) is 0 Å². The van der Waals surface area contributed by atoms with E-state index in [1.54, 1.807) is 12.1 Å². The predicted octanol–water partition coefficient (Wildman–Crippen LogP) is 4.91. The van der Waals surface area contributed by atoms with Crippen molar-refractivity contribution in [2.45, 2.75) is 12.8 Å². The Hall–Kier alpha value is -1.96. The summed E-state index contributed by atoms with van der Waals surface area (Å²) in [5.41, 5.74) is 3.21. The van der Waals surface area contributed by atoms with E-state index in [2.05, 4.69) is 0 Å². The second-order valence-electron chi connectivity index (χ2n) is 4.10. The van der Waals surface area contributed by atoms with Crippen LogP contribution in [0.3, 0.4) is 0 Å². The van der Waals surface area contributed by atoms with E-state index < -0.39 is 0 Å². The number of benzene rings is 2. The van der Waals surface area contributed by atoms with Crippen LogP contribution in [0, 0.1) is 5.82 Å². The monoisotopic (exact) mass is 244 g/mol. The van der Waals surface area contributed by atoms with Gasteiger partial charge < -0.3 is 0 Å². The average Bonchev–Trinajstić information content (AvgIpc) is 2.41. The first-order chi connectivity index (χ1) is 8.79. The van der Waals surface area contributed by atoms with Crippen LogP contribution in [0.1, 0.15) is 12.0 Å². The standard InChI is InChI=1S/C16H14F2/c17-12-2-1-3-13-4-6-14(7-5-13)15-8-10-16(18)11-9-15/h2,4-12H,1,3H2/b12-2+. The number of rotatable bonds is 4. The topological polar surface area (TPSA) is 0 Å². The zero-order chi connectivity index (χ0) is 12.8. The minimum atomic E-state index is -0.228. The first kappa shape index (κ1) is 12.5. The third kappa shape index (κ3) is 3.27. The molecule has 0 spiro atoms. The van der Waals surface area contributed by atoms with E-state index in [1.165, 1.54) is 23.8 Å². The molecule has 0 N–H and O–H groups in total. The molecule has 0 bridgehead atoms. The number of halogens is 2. The fourth-order valence-electron chi connectivity index (χ4n) is 1.82. The summed E-state index contributed by atoms with van der Waals surface area (Å²) in [5, 5.41) is 0. The lowest BCUT2D eigenvalue weighted by atomic mass is 10.0. The van der Waals surface area contributed by atoms with E-state index >= 15 is 0 Å².